The van der Waals surface area contributed by atoms with Gasteiger partial charge in [0.15, 0.2) is 5.16 Å². The molecule has 182 valence electrons. The predicted molar refractivity (Wildman–Crippen MR) is 133 cm³/mol. The maximum atomic E-state index is 13.2. The molecule has 1 fully saturated rings. The van der Waals surface area contributed by atoms with E-state index >= 15 is 0 Å². The number of aromatic nitrogens is 2. The van der Waals surface area contributed by atoms with Gasteiger partial charge in [0.1, 0.15) is 4.83 Å². The molecule has 33 heavy (non-hydrogen) atoms. The molecule has 1 aliphatic rings. The van der Waals surface area contributed by atoms with E-state index in [1.54, 1.807) is 4.57 Å². The molecule has 0 saturated heterocycles. The first-order valence-electron chi connectivity index (χ1n) is 11.6. The first-order chi connectivity index (χ1) is 15.8. The Morgan fingerprint density at radius 3 is 2.76 bits per heavy atom. The molecule has 1 aliphatic carbocycles. The first kappa shape index (κ1) is 25.7. The van der Waals surface area contributed by atoms with E-state index in [2.05, 4.69) is 17.6 Å². The summed E-state index contributed by atoms with van der Waals surface area (Å²) in [5.41, 5.74) is 0.860. The molecule has 2 atom stereocenters. The molecule has 0 bridgehead atoms. The molecule has 10 heteroatoms. The number of urea groups is 1. The van der Waals surface area contributed by atoms with E-state index in [1.165, 1.54) is 29.5 Å². The van der Waals surface area contributed by atoms with Crippen molar-refractivity contribution in [2.24, 2.45) is 5.92 Å². The third-order valence-electron chi connectivity index (χ3n) is 6.14. The Morgan fingerprint density at radius 2 is 2.03 bits per heavy atom. The number of hydrogen-bond acceptors (Lipinski definition) is 7. The third-order valence-corrected chi connectivity index (χ3v) is 8.22. The van der Waals surface area contributed by atoms with Crippen LogP contribution < -0.4 is 16.2 Å². The highest BCUT2D eigenvalue weighted by atomic mass is 32.2. The van der Waals surface area contributed by atoms with Gasteiger partial charge in [0.2, 0.25) is 5.91 Å². The molecular weight excluding hydrogens is 460 g/mol. The Labute approximate surface area is 202 Å². The van der Waals surface area contributed by atoms with Crippen LogP contribution in [0.1, 0.15) is 56.4 Å². The Bertz CT molecular complexity index is 1050. The molecule has 0 unspecified atom stereocenters. The number of hydrogen-bond donors (Lipinski definition) is 2. The van der Waals surface area contributed by atoms with Crippen LogP contribution in [0.2, 0.25) is 0 Å². The lowest BCUT2D eigenvalue weighted by atomic mass is 9.86. The average molecular weight is 495 g/mol. The molecule has 0 spiro atoms. The van der Waals surface area contributed by atoms with Gasteiger partial charge < -0.3 is 10.1 Å². The zero-order valence-corrected chi connectivity index (χ0v) is 21.5. The highest BCUT2D eigenvalue weighted by molar-refractivity contribution is 7.99. The number of imide groups is 1. The highest BCUT2D eigenvalue weighted by Gasteiger charge is 2.24. The minimum Gasteiger partial charge on any atom is -0.382 e. The molecule has 0 aromatic carbocycles. The number of thioether (sulfide) groups is 1. The van der Waals surface area contributed by atoms with E-state index in [0.29, 0.717) is 47.5 Å². The largest absolute Gasteiger partial charge is 0.382 e. The summed E-state index contributed by atoms with van der Waals surface area (Å²) in [5, 5.41) is 6.48. The van der Waals surface area contributed by atoms with Crippen LogP contribution >= 0.6 is 23.1 Å². The van der Waals surface area contributed by atoms with Crippen molar-refractivity contribution in [1.29, 1.82) is 0 Å². The van der Waals surface area contributed by atoms with Crippen molar-refractivity contribution in [2.45, 2.75) is 77.5 Å². The van der Waals surface area contributed by atoms with E-state index in [0.717, 1.165) is 29.7 Å². The number of ether oxygens (including phenoxy) is 1. The van der Waals surface area contributed by atoms with Gasteiger partial charge in [-0.05, 0) is 51.5 Å². The SMILES string of the molecule is CCOCCCn1c(SCC(=O)NC(=O)N[C@@H]2CCCC[C@@H]2C)nc2sc(C)c(C)c2c1=O. The molecule has 3 amide bonds. The Kier molecular flexibility index (Phi) is 9.34. The van der Waals surface area contributed by atoms with Gasteiger partial charge in [-0.3, -0.25) is 19.5 Å². The standard InChI is InChI=1S/C23H34N4O4S2/c1-5-31-12-8-11-27-21(29)19-15(3)16(4)33-20(19)26-23(27)32-13-18(28)25-22(30)24-17-10-7-6-9-14(17)2/h14,17H,5-13H2,1-4H3,(H2,24,25,28,30)/t14-,17+/m0/s1. The van der Waals surface area contributed by atoms with Crippen LogP contribution in [0.15, 0.2) is 9.95 Å². The second-order valence-corrected chi connectivity index (χ2v) is 10.7. The van der Waals surface area contributed by atoms with Crippen LogP contribution in [0.5, 0.6) is 0 Å². The number of nitrogens with zero attached hydrogens (tertiary/aromatic N) is 2. The smallest absolute Gasteiger partial charge is 0.321 e. The third kappa shape index (κ3) is 6.58. The van der Waals surface area contributed by atoms with Gasteiger partial charge in [-0.15, -0.1) is 11.3 Å². The summed E-state index contributed by atoms with van der Waals surface area (Å²) in [6.45, 7) is 9.61. The summed E-state index contributed by atoms with van der Waals surface area (Å²) in [7, 11) is 0. The molecular formula is C23H34N4O4S2. The van der Waals surface area contributed by atoms with E-state index < -0.39 is 11.9 Å². The highest BCUT2D eigenvalue weighted by Crippen LogP contribution is 2.28. The number of aryl methyl sites for hydroxylation is 2. The van der Waals surface area contributed by atoms with Crippen LogP contribution in [-0.2, 0) is 16.1 Å². The van der Waals surface area contributed by atoms with Crippen molar-refractivity contribution >= 4 is 45.3 Å². The lowest BCUT2D eigenvalue weighted by Gasteiger charge is -2.29. The Hall–Kier alpha value is -1.91. The minimum absolute atomic E-state index is 0.000383. The van der Waals surface area contributed by atoms with E-state index in [9.17, 15) is 14.4 Å². The summed E-state index contributed by atoms with van der Waals surface area (Å²) in [6, 6.07) is -0.356. The molecule has 2 heterocycles. The molecule has 2 aromatic rings. The van der Waals surface area contributed by atoms with Gasteiger partial charge in [-0.25, -0.2) is 9.78 Å². The van der Waals surface area contributed by atoms with Crippen molar-refractivity contribution in [3.05, 3.63) is 20.8 Å². The fourth-order valence-electron chi connectivity index (χ4n) is 4.11. The number of thiophene rings is 1. The molecule has 0 aliphatic heterocycles. The zero-order chi connectivity index (χ0) is 24.0. The molecule has 8 nitrogen and oxygen atoms in total. The number of rotatable bonds is 9. The van der Waals surface area contributed by atoms with Crippen LogP contribution in [0.3, 0.4) is 0 Å². The summed E-state index contributed by atoms with van der Waals surface area (Å²) >= 11 is 2.66. The number of amides is 3. The number of fused-ring (bicyclic) bond motifs is 1. The van der Waals surface area contributed by atoms with Crippen LogP contribution in [-0.4, -0.2) is 46.5 Å². The normalized spacial score (nSPS) is 18.4. The lowest BCUT2D eigenvalue weighted by Crippen LogP contribution is -2.48. The number of nitrogens with one attached hydrogen (secondary N) is 2. The average Bonchev–Trinajstić information content (AvgIpc) is 3.06. The van der Waals surface area contributed by atoms with Gasteiger partial charge >= 0.3 is 6.03 Å². The summed E-state index contributed by atoms with van der Waals surface area (Å²) in [5.74, 6) is 0.00358. The monoisotopic (exact) mass is 494 g/mol. The maximum absolute atomic E-state index is 13.2. The van der Waals surface area contributed by atoms with E-state index in [4.69, 9.17) is 9.72 Å². The van der Waals surface area contributed by atoms with Crippen molar-refractivity contribution in [1.82, 2.24) is 20.2 Å². The Balaban J connectivity index is 1.68. The summed E-state index contributed by atoms with van der Waals surface area (Å²) in [6.07, 6.45) is 4.98. The predicted octanol–water partition coefficient (Wildman–Crippen LogP) is 4.00. The van der Waals surface area contributed by atoms with E-state index in [1.807, 2.05) is 20.8 Å². The molecule has 0 radical (unpaired) electrons. The van der Waals surface area contributed by atoms with Crippen LogP contribution in [0, 0.1) is 19.8 Å². The van der Waals surface area contributed by atoms with Gasteiger partial charge in [0, 0.05) is 30.7 Å². The van der Waals surface area contributed by atoms with Crippen LogP contribution in [0.4, 0.5) is 4.79 Å². The van der Waals surface area contributed by atoms with Crippen molar-refractivity contribution < 1.29 is 14.3 Å². The topological polar surface area (TPSA) is 102 Å². The van der Waals surface area contributed by atoms with Gasteiger partial charge in [0.05, 0.1) is 11.1 Å². The molecule has 3 rings (SSSR count). The number of carbonyl (C=O) groups is 2. The van der Waals surface area contributed by atoms with Gasteiger partial charge in [0.25, 0.3) is 5.56 Å². The summed E-state index contributed by atoms with van der Waals surface area (Å²) < 4.78 is 7.04. The second kappa shape index (κ2) is 12.0. The first-order valence-corrected chi connectivity index (χ1v) is 13.4. The van der Waals surface area contributed by atoms with Crippen molar-refractivity contribution in [3.8, 4) is 0 Å². The fraction of sp³-hybridized carbons (Fsp3) is 0.652. The Morgan fingerprint density at radius 1 is 1.27 bits per heavy atom. The lowest BCUT2D eigenvalue weighted by molar-refractivity contribution is -0.117. The quantitative estimate of drug-likeness (QED) is 0.310. The zero-order valence-electron chi connectivity index (χ0n) is 19.9. The minimum atomic E-state index is -0.457. The maximum Gasteiger partial charge on any atom is 0.321 e. The molecule has 1 saturated carbocycles. The van der Waals surface area contributed by atoms with Gasteiger partial charge in [-0.1, -0.05) is 31.5 Å². The van der Waals surface area contributed by atoms with Crippen molar-refractivity contribution in [2.75, 3.05) is 19.0 Å². The van der Waals surface area contributed by atoms with Crippen LogP contribution in [0.25, 0.3) is 10.2 Å². The number of carbonyl (C=O) groups excluding carboxylic acids is 2. The molecule has 2 aromatic heterocycles. The fourth-order valence-corrected chi connectivity index (χ4v) is 6.01. The van der Waals surface area contributed by atoms with Gasteiger partial charge in [-0.2, -0.15) is 0 Å². The van der Waals surface area contributed by atoms with Crippen molar-refractivity contribution in [3.63, 3.8) is 0 Å². The second-order valence-electron chi connectivity index (χ2n) is 8.54. The summed E-state index contributed by atoms with van der Waals surface area (Å²) in [4.78, 5) is 44.4. The van der Waals surface area contributed by atoms with E-state index in [-0.39, 0.29) is 17.4 Å². The molecule has 2 N–H and O–H groups in total.